The summed E-state index contributed by atoms with van der Waals surface area (Å²) < 4.78 is 0. The van der Waals surface area contributed by atoms with Gasteiger partial charge in [-0.3, -0.25) is 9.59 Å². The zero-order valence-electron chi connectivity index (χ0n) is 18.1. The van der Waals surface area contributed by atoms with Crippen molar-refractivity contribution >= 4 is 12.1 Å². The minimum absolute atomic E-state index is 0.0305. The first-order valence-corrected chi connectivity index (χ1v) is 10.8. The molecule has 2 fully saturated rings. The number of aldehydes is 1. The summed E-state index contributed by atoms with van der Waals surface area (Å²) >= 11 is 0. The molecule has 3 heteroatoms. The molecule has 0 spiro atoms. The van der Waals surface area contributed by atoms with Gasteiger partial charge in [0.25, 0.3) is 0 Å². The van der Waals surface area contributed by atoms with Crippen molar-refractivity contribution in [1.29, 1.82) is 0 Å². The van der Waals surface area contributed by atoms with Gasteiger partial charge in [0.15, 0.2) is 0 Å². The Bertz CT molecular complexity index is 722. The largest absolute Gasteiger partial charge is 0.389 e. The number of carbonyl (C=O) groups is 2. The van der Waals surface area contributed by atoms with E-state index in [1.165, 1.54) is 12.0 Å². The molecule has 0 bridgehead atoms. The first kappa shape index (κ1) is 21.2. The van der Waals surface area contributed by atoms with Crippen LogP contribution in [0.1, 0.15) is 66.7 Å². The van der Waals surface area contributed by atoms with Crippen LogP contribution in [-0.2, 0) is 9.59 Å². The smallest absolute Gasteiger partial charge is 0.146 e. The summed E-state index contributed by atoms with van der Waals surface area (Å²) in [5.74, 6) is 0.967. The molecule has 1 N–H and O–H groups in total. The molecule has 154 valence electrons. The maximum absolute atomic E-state index is 12.6. The van der Waals surface area contributed by atoms with Crippen molar-refractivity contribution < 1.29 is 14.7 Å². The van der Waals surface area contributed by atoms with Gasteiger partial charge in [-0.05, 0) is 75.2 Å². The Balaban J connectivity index is 1.92. The zero-order chi connectivity index (χ0) is 20.7. The number of aliphatic hydroxyl groups is 1. The summed E-state index contributed by atoms with van der Waals surface area (Å²) in [6.07, 6.45) is 13.7. The number of ketones is 1. The summed E-state index contributed by atoms with van der Waals surface area (Å²) in [4.78, 5) is 24.4. The van der Waals surface area contributed by atoms with Gasteiger partial charge in [-0.2, -0.15) is 0 Å². The van der Waals surface area contributed by atoms with Crippen LogP contribution in [0.15, 0.2) is 35.5 Å². The molecule has 0 aromatic carbocycles. The van der Waals surface area contributed by atoms with Crippen LogP contribution in [0.5, 0.6) is 0 Å². The topological polar surface area (TPSA) is 54.4 Å². The van der Waals surface area contributed by atoms with E-state index in [1.807, 2.05) is 6.08 Å². The van der Waals surface area contributed by atoms with Crippen molar-refractivity contribution in [3.05, 3.63) is 35.5 Å². The van der Waals surface area contributed by atoms with Crippen molar-refractivity contribution in [2.45, 2.75) is 72.3 Å². The Morgan fingerprint density at radius 1 is 1.29 bits per heavy atom. The van der Waals surface area contributed by atoms with Gasteiger partial charge in [0.05, 0.1) is 11.5 Å². The molecule has 0 aromatic rings. The van der Waals surface area contributed by atoms with Gasteiger partial charge in [-0.15, -0.1) is 0 Å². The molecule has 0 radical (unpaired) electrons. The van der Waals surface area contributed by atoms with Crippen molar-refractivity contribution in [3.63, 3.8) is 0 Å². The first-order valence-electron chi connectivity index (χ1n) is 10.8. The van der Waals surface area contributed by atoms with Gasteiger partial charge >= 0.3 is 0 Å². The van der Waals surface area contributed by atoms with E-state index in [2.05, 4.69) is 45.9 Å². The van der Waals surface area contributed by atoms with Crippen LogP contribution < -0.4 is 0 Å². The van der Waals surface area contributed by atoms with Gasteiger partial charge in [0.2, 0.25) is 0 Å². The van der Waals surface area contributed by atoms with Gasteiger partial charge in [-0.1, -0.05) is 43.7 Å². The molecule has 3 rings (SSSR count). The SMILES string of the molecule is CC(C)=CC=CC(C)C1CCC2(C)CC3C(C(=O)CC3(C)O)C(C=O)=CCC12. The monoisotopic (exact) mass is 384 g/mol. The zero-order valence-corrected chi connectivity index (χ0v) is 18.1. The first-order chi connectivity index (χ1) is 13.1. The van der Waals surface area contributed by atoms with Gasteiger partial charge in [0, 0.05) is 12.3 Å². The van der Waals surface area contributed by atoms with Crippen molar-refractivity contribution in [2.24, 2.45) is 35.0 Å². The molecule has 0 heterocycles. The van der Waals surface area contributed by atoms with Crippen LogP contribution >= 0.6 is 0 Å². The number of Topliss-reactive ketones (excluding diaryl/α,β-unsaturated/α-hetero) is 1. The molecule has 0 aliphatic heterocycles. The highest BCUT2D eigenvalue weighted by Gasteiger charge is 2.56. The summed E-state index contributed by atoms with van der Waals surface area (Å²) in [5.41, 5.74) is 0.990. The Morgan fingerprint density at radius 3 is 2.64 bits per heavy atom. The fraction of sp³-hybridized carbons (Fsp3) is 0.680. The molecule has 3 aliphatic carbocycles. The summed E-state index contributed by atoms with van der Waals surface area (Å²) in [5, 5.41) is 11.0. The maximum atomic E-state index is 12.6. The third-order valence-corrected chi connectivity index (χ3v) is 7.85. The number of carbonyl (C=O) groups excluding carboxylic acids is 2. The van der Waals surface area contributed by atoms with Crippen LogP contribution in [-0.4, -0.2) is 22.8 Å². The highest BCUT2D eigenvalue weighted by molar-refractivity contribution is 5.94. The second-order valence-electron chi connectivity index (χ2n) is 10.3. The van der Waals surface area contributed by atoms with E-state index >= 15 is 0 Å². The van der Waals surface area contributed by atoms with Crippen LogP contribution in [0.25, 0.3) is 0 Å². The van der Waals surface area contributed by atoms with Crippen LogP contribution in [0, 0.1) is 35.0 Å². The quantitative estimate of drug-likeness (QED) is 0.545. The number of fused-ring (bicyclic) bond motifs is 2. The molecule has 3 nitrogen and oxygen atoms in total. The van der Waals surface area contributed by atoms with Crippen LogP contribution in [0.2, 0.25) is 0 Å². The maximum Gasteiger partial charge on any atom is 0.146 e. The predicted octanol–water partition coefficient (Wildman–Crippen LogP) is 5.05. The lowest BCUT2D eigenvalue weighted by Crippen LogP contribution is -2.40. The molecule has 0 amide bonds. The highest BCUT2D eigenvalue weighted by Crippen LogP contribution is 2.59. The Hall–Kier alpha value is -1.48. The van der Waals surface area contributed by atoms with Gasteiger partial charge < -0.3 is 5.11 Å². The van der Waals surface area contributed by atoms with Crippen LogP contribution in [0.3, 0.4) is 0 Å². The van der Waals surface area contributed by atoms with E-state index in [0.29, 0.717) is 23.3 Å². The lowest BCUT2D eigenvalue weighted by Gasteiger charge is -2.42. The van der Waals surface area contributed by atoms with Crippen molar-refractivity contribution in [3.8, 4) is 0 Å². The summed E-state index contributed by atoms with van der Waals surface area (Å²) in [6.45, 7) is 10.6. The van der Waals surface area contributed by atoms with E-state index in [9.17, 15) is 14.7 Å². The van der Waals surface area contributed by atoms with Crippen molar-refractivity contribution in [2.75, 3.05) is 0 Å². The molecule has 0 aromatic heterocycles. The van der Waals surface area contributed by atoms with Crippen LogP contribution in [0.4, 0.5) is 0 Å². The molecule has 7 atom stereocenters. The minimum atomic E-state index is -1.01. The fourth-order valence-electron chi connectivity index (χ4n) is 6.25. The molecule has 2 saturated carbocycles. The number of hydrogen-bond acceptors (Lipinski definition) is 3. The Kier molecular flexibility index (Phi) is 5.87. The van der Waals surface area contributed by atoms with E-state index in [0.717, 1.165) is 25.5 Å². The molecule has 7 unspecified atom stereocenters. The Morgan fingerprint density at radius 2 is 2.00 bits per heavy atom. The minimum Gasteiger partial charge on any atom is -0.389 e. The van der Waals surface area contributed by atoms with E-state index < -0.39 is 11.5 Å². The fourth-order valence-corrected chi connectivity index (χ4v) is 6.25. The normalized spacial score (nSPS) is 41.6. The molecular weight excluding hydrogens is 348 g/mol. The third-order valence-electron chi connectivity index (χ3n) is 7.85. The molecular formula is C25H36O3. The molecule has 28 heavy (non-hydrogen) atoms. The number of hydrogen-bond donors (Lipinski definition) is 1. The molecule has 0 saturated heterocycles. The molecule has 3 aliphatic rings. The lowest BCUT2D eigenvalue weighted by molar-refractivity contribution is -0.121. The summed E-state index contributed by atoms with van der Waals surface area (Å²) in [7, 11) is 0. The lowest BCUT2D eigenvalue weighted by atomic mass is 9.63. The highest BCUT2D eigenvalue weighted by atomic mass is 16.3. The summed E-state index contributed by atoms with van der Waals surface area (Å²) in [6, 6.07) is 0. The Labute approximate surface area is 170 Å². The van der Waals surface area contributed by atoms with E-state index in [-0.39, 0.29) is 23.5 Å². The third kappa shape index (κ3) is 3.83. The second-order valence-corrected chi connectivity index (χ2v) is 10.3. The average molecular weight is 385 g/mol. The van der Waals surface area contributed by atoms with Gasteiger partial charge in [0.1, 0.15) is 12.1 Å². The number of allylic oxidation sites excluding steroid dienone is 6. The average Bonchev–Trinajstić information content (AvgIpc) is 3.01. The second kappa shape index (κ2) is 7.74. The van der Waals surface area contributed by atoms with Crippen molar-refractivity contribution in [1.82, 2.24) is 0 Å². The van der Waals surface area contributed by atoms with Gasteiger partial charge in [-0.25, -0.2) is 0 Å². The predicted molar refractivity (Wildman–Crippen MR) is 113 cm³/mol. The van der Waals surface area contributed by atoms with E-state index in [4.69, 9.17) is 0 Å². The number of rotatable bonds is 4. The standard InChI is InChI=1S/C25H36O3/c1-16(2)7-6-8-17(3)19-11-12-24(4)13-21-23(22(27)14-25(21,5)28)18(15-26)9-10-20(19)24/h6-9,15,17,19-21,23,28H,10-14H2,1-5H3. The van der Waals surface area contributed by atoms with E-state index in [1.54, 1.807) is 6.92 Å².